The zero-order valence-electron chi connectivity index (χ0n) is 15.0. The molecule has 0 radical (unpaired) electrons. The third kappa shape index (κ3) is 6.03. The lowest BCUT2D eigenvalue weighted by molar-refractivity contribution is -0.136. The first-order chi connectivity index (χ1) is 12.9. The van der Waals surface area contributed by atoms with Crippen molar-refractivity contribution in [2.24, 2.45) is 0 Å². The van der Waals surface area contributed by atoms with E-state index in [4.69, 9.17) is 4.74 Å². The van der Waals surface area contributed by atoms with Gasteiger partial charge in [0.2, 0.25) is 5.91 Å². The van der Waals surface area contributed by atoms with Crippen molar-refractivity contribution < 1.29 is 24.2 Å². The Hall–Kier alpha value is -3.00. The Morgan fingerprint density at radius 3 is 2.44 bits per heavy atom. The average Bonchev–Trinajstić information content (AvgIpc) is 2.66. The SMILES string of the molecule is CSc1ccccc1NC(=O)CN(C)C(=O)COC(=O)c1ccc(O)cc1. The zero-order chi connectivity index (χ0) is 19.8. The summed E-state index contributed by atoms with van der Waals surface area (Å²) in [6, 6.07) is 12.8. The Kier molecular flexibility index (Phi) is 7.25. The number of amides is 2. The number of likely N-dealkylation sites (N-methyl/N-ethyl adjacent to an activating group) is 1. The highest BCUT2D eigenvalue weighted by Gasteiger charge is 2.16. The molecule has 0 spiro atoms. The molecule has 0 bridgehead atoms. The van der Waals surface area contributed by atoms with E-state index in [0.29, 0.717) is 5.69 Å². The summed E-state index contributed by atoms with van der Waals surface area (Å²) < 4.78 is 4.94. The normalized spacial score (nSPS) is 10.1. The smallest absolute Gasteiger partial charge is 0.338 e. The van der Waals surface area contributed by atoms with Crippen LogP contribution in [0.1, 0.15) is 10.4 Å². The number of hydrogen-bond donors (Lipinski definition) is 2. The number of esters is 1. The van der Waals surface area contributed by atoms with Crippen LogP contribution < -0.4 is 5.32 Å². The molecule has 0 fully saturated rings. The predicted octanol–water partition coefficient (Wildman–Crippen LogP) is 2.37. The van der Waals surface area contributed by atoms with Crippen LogP contribution in [0.3, 0.4) is 0 Å². The summed E-state index contributed by atoms with van der Waals surface area (Å²) in [5.41, 5.74) is 0.893. The largest absolute Gasteiger partial charge is 0.508 e. The van der Waals surface area contributed by atoms with Gasteiger partial charge >= 0.3 is 5.97 Å². The van der Waals surface area contributed by atoms with Crippen LogP contribution >= 0.6 is 11.8 Å². The Labute approximate surface area is 161 Å². The number of anilines is 1. The summed E-state index contributed by atoms with van der Waals surface area (Å²) in [6.07, 6.45) is 1.91. The summed E-state index contributed by atoms with van der Waals surface area (Å²) >= 11 is 1.50. The second kappa shape index (κ2) is 9.63. The van der Waals surface area contributed by atoms with Crippen molar-refractivity contribution in [3.05, 3.63) is 54.1 Å². The molecule has 0 aliphatic carbocycles. The minimum Gasteiger partial charge on any atom is -0.508 e. The number of benzene rings is 2. The summed E-state index contributed by atoms with van der Waals surface area (Å²) in [4.78, 5) is 38.2. The molecule has 2 aromatic rings. The minimum atomic E-state index is -0.685. The van der Waals surface area contributed by atoms with E-state index in [-0.39, 0.29) is 23.8 Å². The fraction of sp³-hybridized carbons (Fsp3) is 0.211. The van der Waals surface area contributed by atoms with Crippen LogP contribution in [-0.4, -0.2) is 54.2 Å². The minimum absolute atomic E-state index is 0.0245. The third-order valence-electron chi connectivity index (χ3n) is 3.62. The van der Waals surface area contributed by atoms with Crippen LogP contribution in [0.2, 0.25) is 0 Å². The van der Waals surface area contributed by atoms with Gasteiger partial charge in [-0.15, -0.1) is 11.8 Å². The van der Waals surface area contributed by atoms with E-state index in [1.54, 1.807) is 6.07 Å². The van der Waals surface area contributed by atoms with Gasteiger partial charge in [0.1, 0.15) is 5.75 Å². The van der Waals surface area contributed by atoms with Gasteiger partial charge < -0.3 is 20.1 Å². The molecule has 0 heterocycles. The number of phenols is 1. The maximum Gasteiger partial charge on any atom is 0.338 e. The number of carbonyl (C=O) groups excluding carboxylic acids is 3. The van der Waals surface area contributed by atoms with Crippen LogP contribution in [0.25, 0.3) is 0 Å². The fourth-order valence-corrected chi connectivity index (χ4v) is 2.71. The zero-order valence-corrected chi connectivity index (χ0v) is 15.8. The summed E-state index contributed by atoms with van der Waals surface area (Å²) in [5.74, 6) is -1.51. The Morgan fingerprint density at radius 1 is 1.11 bits per heavy atom. The number of carbonyl (C=O) groups is 3. The van der Waals surface area contributed by atoms with E-state index in [9.17, 15) is 19.5 Å². The highest BCUT2D eigenvalue weighted by Crippen LogP contribution is 2.24. The number of ether oxygens (including phenoxy) is 1. The maximum absolute atomic E-state index is 12.1. The molecule has 2 N–H and O–H groups in total. The van der Waals surface area contributed by atoms with Gasteiger partial charge in [-0.05, 0) is 42.7 Å². The van der Waals surface area contributed by atoms with E-state index in [1.165, 1.54) is 48.0 Å². The molecule has 27 heavy (non-hydrogen) atoms. The molecular formula is C19H20N2O5S. The number of nitrogens with zero attached hydrogens (tertiary/aromatic N) is 1. The van der Waals surface area contributed by atoms with Gasteiger partial charge in [0, 0.05) is 11.9 Å². The van der Waals surface area contributed by atoms with Crippen molar-refractivity contribution >= 4 is 35.2 Å². The van der Waals surface area contributed by atoms with Gasteiger partial charge in [0.25, 0.3) is 5.91 Å². The lowest BCUT2D eigenvalue weighted by Gasteiger charge is -2.17. The number of para-hydroxylation sites is 1. The van der Waals surface area contributed by atoms with Crippen molar-refractivity contribution in [2.45, 2.75) is 4.90 Å². The van der Waals surface area contributed by atoms with E-state index < -0.39 is 18.5 Å². The van der Waals surface area contributed by atoms with Crippen molar-refractivity contribution in [3.8, 4) is 5.75 Å². The maximum atomic E-state index is 12.1. The molecule has 0 aliphatic heterocycles. The molecule has 2 amide bonds. The molecule has 0 aliphatic rings. The van der Waals surface area contributed by atoms with Crippen molar-refractivity contribution in [3.63, 3.8) is 0 Å². The van der Waals surface area contributed by atoms with Crippen molar-refractivity contribution in [2.75, 3.05) is 31.8 Å². The second-order valence-electron chi connectivity index (χ2n) is 5.62. The van der Waals surface area contributed by atoms with Crippen molar-refractivity contribution in [1.29, 1.82) is 0 Å². The molecule has 2 rings (SSSR count). The summed E-state index contributed by atoms with van der Waals surface area (Å²) in [7, 11) is 1.46. The number of aromatic hydroxyl groups is 1. The van der Waals surface area contributed by atoms with E-state index in [2.05, 4.69) is 5.32 Å². The Bertz CT molecular complexity index is 823. The quantitative estimate of drug-likeness (QED) is 0.558. The van der Waals surface area contributed by atoms with Gasteiger partial charge in [-0.1, -0.05) is 12.1 Å². The topological polar surface area (TPSA) is 95.9 Å². The second-order valence-corrected chi connectivity index (χ2v) is 6.47. The van der Waals surface area contributed by atoms with E-state index in [1.807, 2.05) is 24.5 Å². The van der Waals surface area contributed by atoms with Crippen LogP contribution in [0.5, 0.6) is 5.75 Å². The lowest BCUT2D eigenvalue weighted by Crippen LogP contribution is -2.37. The van der Waals surface area contributed by atoms with Crippen molar-refractivity contribution in [1.82, 2.24) is 4.90 Å². The third-order valence-corrected chi connectivity index (χ3v) is 4.41. The highest BCUT2D eigenvalue weighted by molar-refractivity contribution is 7.98. The van der Waals surface area contributed by atoms with E-state index in [0.717, 1.165) is 4.90 Å². The average molecular weight is 388 g/mol. The molecule has 7 nitrogen and oxygen atoms in total. The number of phenolic OH excluding ortho intramolecular Hbond substituents is 1. The summed E-state index contributed by atoms with van der Waals surface area (Å²) in [6.45, 7) is -0.650. The van der Waals surface area contributed by atoms with E-state index >= 15 is 0 Å². The summed E-state index contributed by atoms with van der Waals surface area (Å²) in [5, 5.41) is 12.0. The highest BCUT2D eigenvalue weighted by atomic mass is 32.2. The first-order valence-electron chi connectivity index (χ1n) is 8.03. The molecular weight excluding hydrogens is 368 g/mol. The molecule has 0 saturated carbocycles. The molecule has 0 saturated heterocycles. The van der Waals surface area contributed by atoms with Crippen LogP contribution in [0, 0.1) is 0 Å². The van der Waals surface area contributed by atoms with Crippen LogP contribution in [0.4, 0.5) is 5.69 Å². The molecule has 8 heteroatoms. The molecule has 0 atom stereocenters. The molecule has 2 aromatic carbocycles. The van der Waals surface area contributed by atoms with Gasteiger partial charge in [0.15, 0.2) is 6.61 Å². The molecule has 0 aromatic heterocycles. The standard InChI is InChI=1S/C19H20N2O5S/c1-21(11-17(23)20-15-5-3-4-6-16(15)27-2)18(24)12-26-19(25)13-7-9-14(22)10-8-13/h3-10,22H,11-12H2,1-2H3,(H,20,23). The Morgan fingerprint density at radius 2 is 1.78 bits per heavy atom. The molecule has 0 unspecified atom stereocenters. The first kappa shape index (κ1) is 20.3. The van der Waals surface area contributed by atoms with Crippen LogP contribution in [-0.2, 0) is 14.3 Å². The van der Waals surface area contributed by atoms with Gasteiger partial charge in [0.05, 0.1) is 17.8 Å². The fourth-order valence-electron chi connectivity index (χ4n) is 2.16. The number of rotatable bonds is 7. The number of nitrogens with one attached hydrogen (secondary N) is 1. The van der Waals surface area contributed by atoms with Gasteiger partial charge in [-0.2, -0.15) is 0 Å². The van der Waals surface area contributed by atoms with Gasteiger partial charge in [-0.25, -0.2) is 4.79 Å². The Balaban J connectivity index is 1.83. The number of thioether (sulfide) groups is 1. The van der Waals surface area contributed by atoms with Gasteiger partial charge in [-0.3, -0.25) is 9.59 Å². The monoisotopic (exact) mass is 388 g/mol. The van der Waals surface area contributed by atoms with Crippen LogP contribution in [0.15, 0.2) is 53.4 Å². The lowest BCUT2D eigenvalue weighted by atomic mass is 10.2. The predicted molar refractivity (Wildman–Crippen MR) is 103 cm³/mol. The number of hydrogen-bond acceptors (Lipinski definition) is 6. The molecule has 142 valence electrons. The first-order valence-corrected chi connectivity index (χ1v) is 9.26.